The third-order valence-electron chi connectivity index (χ3n) is 4.24. The van der Waals surface area contributed by atoms with Crippen LogP contribution in [-0.4, -0.2) is 29.3 Å². The summed E-state index contributed by atoms with van der Waals surface area (Å²) in [7, 11) is 0. The molecule has 152 valence electrons. The molecule has 2 amide bonds. The van der Waals surface area contributed by atoms with Crippen LogP contribution < -0.4 is 5.32 Å². The van der Waals surface area contributed by atoms with Crippen molar-refractivity contribution in [3.8, 4) is 0 Å². The van der Waals surface area contributed by atoms with E-state index in [4.69, 9.17) is 4.74 Å². The van der Waals surface area contributed by atoms with Crippen molar-refractivity contribution in [1.82, 2.24) is 5.32 Å². The Hall–Kier alpha value is -3.55. The number of hydrogen-bond donors (Lipinski definition) is 1. The highest BCUT2D eigenvalue weighted by molar-refractivity contribution is 6.05. The van der Waals surface area contributed by atoms with E-state index >= 15 is 0 Å². The van der Waals surface area contributed by atoms with Gasteiger partial charge in [-0.2, -0.15) is 0 Å². The molecule has 0 saturated heterocycles. The van der Waals surface area contributed by atoms with Crippen molar-refractivity contribution in [2.75, 3.05) is 6.61 Å². The molecule has 8 heteroatoms. The third-order valence-corrected chi connectivity index (χ3v) is 4.24. The molecule has 8 nitrogen and oxygen atoms in total. The summed E-state index contributed by atoms with van der Waals surface area (Å²) in [5, 5.41) is 13.3. The highest BCUT2D eigenvalue weighted by Gasteiger charge is 2.24. The van der Waals surface area contributed by atoms with E-state index in [1.807, 2.05) is 20.8 Å². The van der Waals surface area contributed by atoms with Crippen LogP contribution in [-0.2, 0) is 14.9 Å². The van der Waals surface area contributed by atoms with Crippen LogP contribution >= 0.6 is 0 Å². The van der Waals surface area contributed by atoms with Gasteiger partial charge in [0.25, 0.3) is 17.5 Å². The van der Waals surface area contributed by atoms with Gasteiger partial charge in [0, 0.05) is 11.1 Å². The van der Waals surface area contributed by atoms with E-state index < -0.39 is 29.3 Å². The Bertz CT molecular complexity index is 958. The number of imide groups is 1. The van der Waals surface area contributed by atoms with Crippen molar-refractivity contribution in [1.29, 1.82) is 0 Å². The molecule has 0 spiro atoms. The number of nitrogens with one attached hydrogen (secondary N) is 1. The lowest BCUT2D eigenvalue weighted by Crippen LogP contribution is -2.34. The van der Waals surface area contributed by atoms with Gasteiger partial charge < -0.3 is 4.74 Å². The minimum atomic E-state index is -1.02. The van der Waals surface area contributed by atoms with Crippen LogP contribution in [0.1, 0.15) is 52.6 Å². The van der Waals surface area contributed by atoms with Gasteiger partial charge in [0.2, 0.25) is 0 Å². The summed E-state index contributed by atoms with van der Waals surface area (Å²) in [5.41, 5.74) is 0.904. The number of nitro groups is 1. The number of ether oxygens (including phenoxy) is 1. The summed E-state index contributed by atoms with van der Waals surface area (Å²) in [5.74, 6) is -2.48. The number of aryl methyl sites for hydroxylation is 1. The average molecular weight is 398 g/mol. The fourth-order valence-corrected chi connectivity index (χ4v) is 2.63. The maximum absolute atomic E-state index is 12.2. The predicted octanol–water partition coefficient (Wildman–Crippen LogP) is 3.31. The second-order valence-corrected chi connectivity index (χ2v) is 7.51. The van der Waals surface area contributed by atoms with E-state index in [9.17, 15) is 24.5 Å². The molecule has 0 unspecified atom stereocenters. The van der Waals surface area contributed by atoms with Gasteiger partial charge in [0.05, 0.1) is 4.92 Å². The summed E-state index contributed by atoms with van der Waals surface area (Å²) >= 11 is 0. The standard InChI is InChI=1S/C21H22N2O6/c1-13-6-5-7-16(18(13)23(27)28)20(26)29-12-17(24)22-19(25)14-8-10-15(11-9-14)21(2,3)4/h5-11H,12H2,1-4H3,(H,22,24,25). The van der Waals surface area contributed by atoms with Crippen LogP contribution in [0.3, 0.4) is 0 Å². The predicted molar refractivity (Wildman–Crippen MR) is 106 cm³/mol. The second kappa shape index (κ2) is 8.64. The lowest BCUT2D eigenvalue weighted by molar-refractivity contribution is -0.385. The lowest BCUT2D eigenvalue weighted by atomic mass is 9.87. The molecule has 0 aliphatic carbocycles. The maximum Gasteiger partial charge on any atom is 0.345 e. The molecule has 0 heterocycles. The number of para-hydroxylation sites is 1. The first-order chi connectivity index (χ1) is 13.5. The number of carbonyl (C=O) groups is 3. The molecule has 0 radical (unpaired) electrons. The van der Waals surface area contributed by atoms with E-state index in [0.29, 0.717) is 5.56 Å². The second-order valence-electron chi connectivity index (χ2n) is 7.51. The van der Waals surface area contributed by atoms with Crippen molar-refractivity contribution >= 4 is 23.5 Å². The molecular weight excluding hydrogens is 376 g/mol. The van der Waals surface area contributed by atoms with E-state index in [-0.39, 0.29) is 22.2 Å². The number of nitrogens with zero attached hydrogens (tertiary/aromatic N) is 1. The highest BCUT2D eigenvalue weighted by atomic mass is 16.6. The van der Waals surface area contributed by atoms with Crippen molar-refractivity contribution in [2.24, 2.45) is 0 Å². The van der Waals surface area contributed by atoms with Crippen LogP contribution in [0.2, 0.25) is 0 Å². The molecule has 1 N–H and O–H groups in total. The minimum absolute atomic E-state index is 0.0720. The number of esters is 1. The molecule has 0 aliphatic rings. The van der Waals surface area contributed by atoms with Crippen LogP contribution in [0.4, 0.5) is 5.69 Å². The molecule has 0 atom stereocenters. The molecule has 29 heavy (non-hydrogen) atoms. The third kappa shape index (κ3) is 5.47. The zero-order valence-corrected chi connectivity index (χ0v) is 16.6. The SMILES string of the molecule is Cc1cccc(C(=O)OCC(=O)NC(=O)c2ccc(C(C)(C)C)cc2)c1[N+](=O)[O-]. The minimum Gasteiger partial charge on any atom is -0.452 e. The highest BCUT2D eigenvalue weighted by Crippen LogP contribution is 2.24. The molecule has 2 aromatic rings. The van der Waals surface area contributed by atoms with Crippen molar-refractivity contribution in [3.63, 3.8) is 0 Å². The fourth-order valence-electron chi connectivity index (χ4n) is 2.63. The maximum atomic E-state index is 12.2. The molecule has 0 bridgehead atoms. The quantitative estimate of drug-likeness (QED) is 0.469. The summed E-state index contributed by atoms with van der Waals surface area (Å²) in [6.45, 7) is 6.87. The first kappa shape index (κ1) is 21.7. The Morgan fingerprint density at radius 2 is 1.69 bits per heavy atom. The summed E-state index contributed by atoms with van der Waals surface area (Å²) in [6, 6.07) is 11.0. The smallest absolute Gasteiger partial charge is 0.345 e. The van der Waals surface area contributed by atoms with E-state index in [1.165, 1.54) is 25.1 Å². The number of amides is 2. The van der Waals surface area contributed by atoms with Crippen LogP contribution in [0, 0.1) is 17.0 Å². The van der Waals surface area contributed by atoms with Gasteiger partial charge in [-0.25, -0.2) is 4.79 Å². The normalized spacial score (nSPS) is 10.9. The number of rotatable bonds is 5. The van der Waals surface area contributed by atoms with Crippen LogP contribution in [0.5, 0.6) is 0 Å². The monoisotopic (exact) mass is 398 g/mol. The Balaban J connectivity index is 1.98. The topological polar surface area (TPSA) is 116 Å². The van der Waals surface area contributed by atoms with Gasteiger partial charge in [0.1, 0.15) is 5.56 Å². The molecule has 2 rings (SSSR count). The summed E-state index contributed by atoms with van der Waals surface area (Å²) in [4.78, 5) is 46.7. The number of benzene rings is 2. The van der Waals surface area contributed by atoms with Gasteiger partial charge in [-0.05, 0) is 36.1 Å². The van der Waals surface area contributed by atoms with E-state index in [2.05, 4.69) is 5.32 Å². The first-order valence-electron chi connectivity index (χ1n) is 8.86. The van der Waals surface area contributed by atoms with Crippen molar-refractivity contribution in [2.45, 2.75) is 33.1 Å². The average Bonchev–Trinajstić information content (AvgIpc) is 2.65. The molecule has 0 aromatic heterocycles. The molecule has 0 fully saturated rings. The van der Waals surface area contributed by atoms with Gasteiger partial charge >= 0.3 is 5.97 Å². The van der Waals surface area contributed by atoms with E-state index in [1.54, 1.807) is 24.3 Å². The zero-order valence-electron chi connectivity index (χ0n) is 16.6. The van der Waals surface area contributed by atoms with Gasteiger partial charge in [-0.15, -0.1) is 0 Å². The van der Waals surface area contributed by atoms with Crippen LogP contribution in [0.25, 0.3) is 0 Å². The summed E-state index contributed by atoms with van der Waals surface area (Å²) in [6.07, 6.45) is 0. The number of carbonyl (C=O) groups excluding carboxylic acids is 3. The number of hydrogen-bond acceptors (Lipinski definition) is 6. The molecule has 0 aliphatic heterocycles. The van der Waals surface area contributed by atoms with Gasteiger partial charge in [-0.1, -0.05) is 45.0 Å². The Labute approximate surface area is 168 Å². The zero-order chi connectivity index (χ0) is 21.8. The van der Waals surface area contributed by atoms with Crippen molar-refractivity contribution in [3.05, 3.63) is 74.8 Å². The van der Waals surface area contributed by atoms with Crippen molar-refractivity contribution < 1.29 is 24.0 Å². The first-order valence-corrected chi connectivity index (χ1v) is 8.86. The molecular formula is C21H22N2O6. The van der Waals surface area contributed by atoms with Crippen LogP contribution in [0.15, 0.2) is 42.5 Å². The van der Waals surface area contributed by atoms with Gasteiger partial charge in [-0.3, -0.25) is 25.0 Å². The Morgan fingerprint density at radius 1 is 1.07 bits per heavy atom. The Kier molecular flexibility index (Phi) is 6.48. The largest absolute Gasteiger partial charge is 0.452 e. The number of nitro benzene ring substituents is 1. The van der Waals surface area contributed by atoms with E-state index in [0.717, 1.165) is 5.56 Å². The van der Waals surface area contributed by atoms with Gasteiger partial charge in [0.15, 0.2) is 6.61 Å². The fraction of sp³-hybridized carbons (Fsp3) is 0.286. The molecule has 0 saturated carbocycles. The summed E-state index contributed by atoms with van der Waals surface area (Å²) < 4.78 is 4.83. The molecule has 2 aromatic carbocycles. The lowest BCUT2D eigenvalue weighted by Gasteiger charge is -2.19. The Morgan fingerprint density at radius 3 is 2.24 bits per heavy atom.